The Hall–Kier alpha value is -1.15. The Morgan fingerprint density at radius 2 is 2.19 bits per heavy atom. The molecular weight excluding hydrogens is 214 g/mol. The summed E-state index contributed by atoms with van der Waals surface area (Å²) < 4.78 is 0. The van der Waals surface area contributed by atoms with Gasteiger partial charge in [-0.2, -0.15) is 0 Å². The summed E-state index contributed by atoms with van der Waals surface area (Å²) in [5.74, 6) is 0.633. The van der Waals surface area contributed by atoms with Crippen LogP contribution in [0.25, 0.3) is 10.4 Å². The van der Waals surface area contributed by atoms with Gasteiger partial charge in [0.15, 0.2) is 0 Å². The van der Waals surface area contributed by atoms with E-state index in [4.69, 9.17) is 0 Å². The smallest absolute Gasteiger partial charge is 0.0900 e. The molecule has 0 spiro atoms. The molecule has 16 heavy (non-hydrogen) atoms. The summed E-state index contributed by atoms with van der Waals surface area (Å²) in [5, 5.41) is 1.13. The van der Waals surface area contributed by atoms with Gasteiger partial charge in [0.25, 0.3) is 0 Å². The van der Waals surface area contributed by atoms with E-state index in [2.05, 4.69) is 43.1 Å². The highest BCUT2D eigenvalue weighted by Gasteiger charge is 2.06. The van der Waals surface area contributed by atoms with Crippen molar-refractivity contribution in [2.24, 2.45) is 0 Å². The van der Waals surface area contributed by atoms with Gasteiger partial charge in [-0.3, -0.25) is 0 Å². The summed E-state index contributed by atoms with van der Waals surface area (Å²) >= 11 is 1.76. The molecule has 84 valence electrons. The number of hydrogen-bond donors (Lipinski definition) is 0. The molecule has 0 fully saturated rings. The zero-order chi connectivity index (χ0) is 11.5. The van der Waals surface area contributed by atoms with Gasteiger partial charge in [0.2, 0.25) is 0 Å². The van der Waals surface area contributed by atoms with Crippen molar-refractivity contribution in [3.63, 3.8) is 0 Å². The van der Waals surface area contributed by atoms with E-state index < -0.39 is 0 Å². The van der Waals surface area contributed by atoms with Gasteiger partial charge in [0.1, 0.15) is 0 Å². The Labute approximate surface area is 101 Å². The lowest BCUT2D eigenvalue weighted by Gasteiger charge is -2.09. The first-order valence-corrected chi connectivity index (χ1v) is 6.55. The summed E-state index contributed by atoms with van der Waals surface area (Å²) in [7, 11) is 0. The van der Waals surface area contributed by atoms with Gasteiger partial charge in [-0.1, -0.05) is 38.1 Å². The zero-order valence-corrected chi connectivity index (χ0v) is 10.8. The van der Waals surface area contributed by atoms with E-state index in [0.29, 0.717) is 5.92 Å². The van der Waals surface area contributed by atoms with Crippen LogP contribution in [0.15, 0.2) is 30.5 Å². The summed E-state index contributed by atoms with van der Waals surface area (Å²) in [6.45, 7) is 6.55. The fraction of sp³-hybridized carbons (Fsp3) is 0.357. The maximum absolute atomic E-state index is 4.31. The molecular formula is C14H17NS. The fourth-order valence-electron chi connectivity index (χ4n) is 1.73. The van der Waals surface area contributed by atoms with Gasteiger partial charge in [-0.25, -0.2) is 4.98 Å². The monoisotopic (exact) mass is 231 g/mol. The molecule has 1 aromatic carbocycles. The summed E-state index contributed by atoms with van der Waals surface area (Å²) in [6.07, 6.45) is 3.15. The zero-order valence-electron chi connectivity index (χ0n) is 10.0. The Bertz CT molecular complexity index is 473. The molecule has 1 heterocycles. The number of nitrogens with zero attached hydrogens (tertiary/aromatic N) is 1. The van der Waals surface area contributed by atoms with Gasteiger partial charge < -0.3 is 0 Å². The van der Waals surface area contributed by atoms with Crippen molar-refractivity contribution in [1.29, 1.82) is 0 Å². The van der Waals surface area contributed by atoms with E-state index in [-0.39, 0.29) is 0 Å². The molecule has 1 nitrogen and oxygen atoms in total. The Morgan fingerprint density at radius 3 is 2.81 bits per heavy atom. The molecule has 0 aliphatic heterocycles. The molecule has 2 heteroatoms. The molecule has 2 rings (SSSR count). The SMILES string of the molecule is CCC(C)c1cccc(-c2cnc(C)s2)c1. The lowest BCUT2D eigenvalue weighted by Crippen LogP contribution is -1.90. The second-order valence-corrected chi connectivity index (χ2v) is 5.41. The molecule has 0 bridgehead atoms. The minimum absolute atomic E-state index is 0.633. The molecule has 0 aliphatic rings. The van der Waals surface area contributed by atoms with Crippen molar-refractivity contribution < 1.29 is 0 Å². The Balaban J connectivity index is 2.36. The number of aromatic nitrogens is 1. The molecule has 0 saturated carbocycles. The number of rotatable bonds is 3. The first-order chi connectivity index (χ1) is 7.70. The fourth-order valence-corrected chi connectivity index (χ4v) is 2.50. The maximum Gasteiger partial charge on any atom is 0.0900 e. The highest BCUT2D eigenvalue weighted by Crippen LogP contribution is 2.29. The molecule has 0 radical (unpaired) electrons. The van der Waals surface area contributed by atoms with Crippen LogP contribution in [0.5, 0.6) is 0 Å². The molecule has 0 saturated heterocycles. The Kier molecular flexibility index (Phi) is 3.39. The minimum Gasteiger partial charge on any atom is -0.249 e. The average Bonchev–Trinajstić information content (AvgIpc) is 2.75. The van der Waals surface area contributed by atoms with Crippen molar-refractivity contribution in [2.45, 2.75) is 33.1 Å². The van der Waals surface area contributed by atoms with Crippen LogP contribution in [0.1, 0.15) is 36.8 Å². The predicted octanol–water partition coefficient (Wildman–Crippen LogP) is 4.63. The molecule has 0 N–H and O–H groups in total. The van der Waals surface area contributed by atoms with E-state index in [1.165, 1.54) is 22.4 Å². The highest BCUT2D eigenvalue weighted by molar-refractivity contribution is 7.15. The van der Waals surface area contributed by atoms with Gasteiger partial charge in [0, 0.05) is 6.20 Å². The van der Waals surface area contributed by atoms with E-state index in [0.717, 1.165) is 5.01 Å². The van der Waals surface area contributed by atoms with E-state index >= 15 is 0 Å². The number of benzene rings is 1. The third kappa shape index (κ3) is 2.33. The van der Waals surface area contributed by atoms with Crippen molar-refractivity contribution in [3.8, 4) is 10.4 Å². The minimum atomic E-state index is 0.633. The highest BCUT2D eigenvalue weighted by atomic mass is 32.1. The van der Waals surface area contributed by atoms with Gasteiger partial charge in [-0.05, 0) is 30.4 Å². The van der Waals surface area contributed by atoms with Crippen LogP contribution in [0.2, 0.25) is 0 Å². The molecule has 0 amide bonds. The quantitative estimate of drug-likeness (QED) is 0.750. The summed E-state index contributed by atoms with van der Waals surface area (Å²) in [6, 6.07) is 8.82. The molecule has 1 unspecified atom stereocenters. The topological polar surface area (TPSA) is 12.9 Å². The molecule has 1 aromatic heterocycles. The molecule has 1 atom stereocenters. The third-order valence-corrected chi connectivity index (χ3v) is 3.94. The van der Waals surface area contributed by atoms with Gasteiger partial charge >= 0.3 is 0 Å². The lowest BCUT2D eigenvalue weighted by atomic mass is 9.97. The number of thiazole rings is 1. The second kappa shape index (κ2) is 4.79. The van der Waals surface area contributed by atoms with Crippen molar-refractivity contribution >= 4 is 11.3 Å². The predicted molar refractivity (Wildman–Crippen MR) is 71.0 cm³/mol. The first kappa shape index (κ1) is 11.3. The number of hydrogen-bond acceptors (Lipinski definition) is 2. The molecule has 0 aliphatic carbocycles. The van der Waals surface area contributed by atoms with Crippen LogP contribution >= 0.6 is 11.3 Å². The Morgan fingerprint density at radius 1 is 1.38 bits per heavy atom. The van der Waals surface area contributed by atoms with Crippen LogP contribution in [0.3, 0.4) is 0 Å². The normalized spacial score (nSPS) is 12.7. The number of aryl methyl sites for hydroxylation is 1. The van der Waals surface area contributed by atoms with E-state index in [9.17, 15) is 0 Å². The average molecular weight is 231 g/mol. The lowest BCUT2D eigenvalue weighted by molar-refractivity contribution is 0.734. The van der Waals surface area contributed by atoms with Crippen molar-refractivity contribution in [3.05, 3.63) is 41.0 Å². The third-order valence-electron chi connectivity index (χ3n) is 2.97. The van der Waals surface area contributed by atoms with Crippen LogP contribution < -0.4 is 0 Å². The van der Waals surface area contributed by atoms with Crippen LogP contribution in [-0.2, 0) is 0 Å². The maximum atomic E-state index is 4.31. The van der Waals surface area contributed by atoms with Crippen LogP contribution in [0, 0.1) is 6.92 Å². The molecule has 2 aromatic rings. The standard InChI is InChI=1S/C14H17NS/c1-4-10(2)12-6-5-7-13(8-12)14-9-15-11(3)16-14/h5-10H,4H2,1-3H3. The van der Waals surface area contributed by atoms with E-state index in [1.54, 1.807) is 11.3 Å². The first-order valence-electron chi connectivity index (χ1n) is 5.73. The van der Waals surface area contributed by atoms with Gasteiger partial charge in [0.05, 0.1) is 9.88 Å². The van der Waals surface area contributed by atoms with Crippen LogP contribution in [-0.4, -0.2) is 4.98 Å². The van der Waals surface area contributed by atoms with Gasteiger partial charge in [-0.15, -0.1) is 11.3 Å². The summed E-state index contributed by atoms with van der Waals surface area (Å²) in [5.41, 5.74) is 2.72. The second-order valence-electron chi connectivity index (χ2n) is 4.18. The van der Waals surface area contributed by atoms with Crippen LogP contribution in [0.4, 0.5) is 0 Å². The van der Waals surface area contributed by atoms with Crippen molar-refractivity contribution in [1.82, 2.24) is 4.98 Å². The van der Waals surface area contributed by atoms with E-state index in [1.807, 2.05) is 13.1 Å². The van der Waals surface area contributed by atoms with Crippen molar-refractivity contribution in [2.75, 3.05) is 0 Å². The largest absolute Gasteiger partial charge is 0.249 e. The summed E-state index contributed by atoms with van der Waals surface area (Å²) in [4.78, 5) is 5.57.